The third kappa shape index (κ3) is 2.82. The van der Waals surface area contributed by atoms with E-state index in [0.29, 0.717) is 12.2 Å². The topological polar surface area (TPSA) is 49.3 Å². The summed E-state index contributed by atoms with van der Waals surface area (Å²) in [6, 6.07) is 5.97. The van der Waals surface area contributed by atoms with Crippen LogP contribution >= 0.6 is 11.3 Å². The number of thiophene rings is 1. The van der Waals surface area contributed by atoms with Crippen LogP contribution in [0.5, 0.6) is 0 Å². The van der Waals surface area contributed by atoms with Crippen LogP contribution in [0.3, 0.4) is 0 Å². The minimum atomic E-state index is -1.26. The van der Waals surface area contributed by atoms with Crippen molar-refractivity contribution in [3.8, 4) is 0 Å². The number of nitrogens with one attached hydrogen (secondary N) is 1. The third-order valence-electron chi connectivity index (χ3n) is 2.28. The summed E-state index contributed by atoms with van der Waals surface area (Å²) in [6.07, 6.45) is 0. The number of hydrogen-bond donors (Lipinski definition) is 2. The van der Waals surface area contributed by atoms with Gasteiger partial charge in [-0.2, -0.15) is 11.3 Å². The molecule has 0 fully saturated rings. The lowest BCUT2D eigenvalue weighted by molar-refractivity contribution is 0.0692. The highest BCUT2D eigenvalue weighted by molar-refractivity contribution is 7.07. The molecule has 0 aliphatic heterocycles. The molecule has 0 unspecified atom stereocenters. The number of aromatic carboxylic acids is 1. The molecule has 1 aromatic carbocycles. The van der Waals surface area contributed by atoms with Crippen molar-refractivity contribution >= 4 is 23.0 Å². The predicted molar refractivity (Wildman–Crippen MR) is 65.0 cm³/mol. The molecule has 0 bridgehead atoms. The van der Waals surface area contributed by atoms with Crippen molar-refractivity contribution in [2.45, 2.75) is 6.54 Å². The summed E-state index contributed by atoms with van der Waals surface area (Å²) in [5.74, 6) is -1.99. The smallest absolute Gasteiger partial charge is 0.338 e. The highest BCUT2D eigenvalue weighted by atomic mass is 32.1. The number of rotatable bonds is 4. The van der Waals surface area contributed by atoms with Crippen LogP contribution in [0.2, 0.25) is 0 Å². The van der Waals surface area contributed by atoms with Gasteiger partial charge in [0.2, 0.25) is 0 Å². The number of hydrogen-bond acceptors (Lipinski definition) is 3. The Bertz CT molecular complexity index is 525. The molecule has 88 valence electrons. The van der Waals surface area contributed by atoms with Crippen molar-refractivity contribution in [1.29, 1.82) is 0 Å². The molecule has 0 saturated carbocycles. The highest BCUT2D eigenvalue weighted by Gasteiger charge is 2.09. The number of halogens is 1. The van der Waals surface area contributed by atoms with Crippen LogP contribution in [0, 0.1) is 5.82 Å². The lowest BCUT2D eigenvalue weighted by Gasteiger charge is -2.06. The van der Waals surface area contributed by atoms with E-state index in [2.05, 4.69) is 5.32 Å². The Morgan fingerprint density at radius 3 is 2.82 bits per heavy atom. The van der Waals surface area contributed by atoms with Crippen LogP contribution in [-0.4, -0.2) is 11.1 Å². The van der Waals surface area contributed by atoms with Gasteiger partial charge < -0.3 is 10.4 Å². The number of carboxylic acids is 1. The summed E-state index contributed by atoms with van der Waals surface area (Å²) in [5, 5.41) is 15.7. The van der Waals surface area contributed by atoms with E-state index >= 15 is 0 Å². The first kappa shape index (κ1) is 11.6. The molecular weight excluding hydrogens is 241 g/mol. The molecule has 3 nitrogen and oxygen atoms in total. The van der Waals surface area contributed by atoms with E-state index in [4.69, 9.17) is 5.11 Å². The summed E-state index contributed by atoms with van der Waals surface area (Å²) in [5.41, 5.74) is 1.36. The molecule has 0 radical (unpaired) electrons. The largest absolute Gasteiger partial charge is 0.478 e. The SMILES string of the molecule is O=C(O)c1ccc(NCc2ccsc2)cc1F. The average molecular weight is 251 g/mol. The molecule has 0 aliphatic rings. The van der Waals surface area contributed by atoms with Gasteiger partial charge in [-0.05, 0) is 40.6 Å². The Morgan fingerprint density at radius 2 is 2.24 bits per heavy atom. The first-order chi connectivity index (χ1) is 8.16. The zero-order valence-corrected chi connectivity index (χ0v) is 9.63. The van der Waals surface area contributed by atoms with Gasteiger partial charge >= 0.3 is 5.97 Å². The summed E-state index contributed by atoms with van der Waals surface area (Å²) >= 11 is 1.59. The second kappa shape index (κ2) is 4.97. The molecular formula is C12H10FNO2S. The minimum Gasteiger partial charge on any atom is -0.478 e. The molecule has 17 heavy (non-hydrogen) atoms. The molecule has 2 N–H and O–H groups in total. The lowest BCUT2D eigenvalue weighted by Crippen LogP contribution is -2.03. The van der Waals surface area contributed by atoms with Crippen molar-refractivity contribution < 1.29 is 14.3 Å². The Labute approximate surface area is 102 Å². The first-order valence-corrected chi connectivity index (χ1v) is 5.89. The molecule has 2 aromatic rings. The number of anilines is 1. The quantitative estimate of drug-likeness (QED) is 0.877. The molecule has 1 aromatic heterocycles. The fourth-order valence-corrected chi connectivity index (χ4v) is 2.06. The number of carbonyl (C=O) groups is 1. The van der Waals surface area contributed by atoms with Crippen molar-refractivity contribution in [3.05, 3.63) is 52.0 Å². The summed E-state index contributed by atoms with van der Waals surface area (Å²) in [4.78, 5) is 10.6. The van der Waals surface area contributed by atoms with Gasteiger partial charge in [-0.15, -0.1) is 0 Å². The van der Waals surface area contributed by atoms with Gasteiger partial charge in [-0.1, -0.05) is 0 Å². The van der Waals surface area contributed by atoms with E-state index in [9.17, 15) is 9.18 Å². The van der Waals surface area contributed by atoms with Gasteiger partial charge in [0.05, 0.1) is 5.56 Å². The van der Waals surface area contributed by atoms with Crippen molar-refractivity contribution in [3.63, 3.8) is 0 Å². The van der Waals surface area contributed by atoms with Crippen LogP contribution in [0.25, 0.3) is 0 Å². The zero-order chi connectivity index (χ0) is 12.3. The minimum absolute atomic E-state index is 0.314. The normalized spacial score (nSPS) is 10.2. The Hall–Kier alpha value is -1.88. The lowest BCUT2D eigenvalue weighted by atomic mass is 10.2. The number of benzene rings is 1. The van der Waals surface area contributed by atoms with Crippen molar-refractivity contribution in [2.24, 2.45) is 0 Å². The third-order valence-corrected chi connectivity index (χ3v) is 3.01. The number of carboxylic acid groups (broad SMARTS) is 1. The zero-order valence-electron chi connectivity index (χ0n) is 8.81. The molecule has 1 heterocycles. The van der Waals surface area contributed by atoms with Crippen LogP contribution in [0.1, 0.15) is 15.9 Å². The first-order valence-electron chi connectivity index (χ1n) is 4.94. The van der Waals surface area contributed by atoms with Crippen LogP contribution < -0.4 is 5.32 Å². The summed E-state index contributed by atoms with van der Waals surface area (Å²) in [6.45, 7) is 0.593. The Kier molecular flexibility index (Phi) is 3.39. The standard InChI is InChI=1S/C12H10FNO2S/c13-11-5-9(1-2-10(11)12(15)16)14-6-8-3-4-17-7-8/h1-5,7,14H,6H2,(H,15,16). The molecule has 5 heteroatoms. The summed E-state index contributed by atoms with van der Waals surface area (Å²) < 4.78 is 13.3. The fraction of sp³-hybridized carbons (Fsp3) is 0.0833. The van der Waals surface area contributed by atoms with E-state index in [-0.39, 0.29) is 5.56 Å². The molecule has 0 saturated heterocycles. The maximum absolute atomic E-state index is 13.3. The monoisotopic (exact) mass is 251 g/mol. The maximum Gasteiger partial charge on any atom is 0.338 e. The fourth-order valence-electron chi connectivity index (χ4n) is 1.40. The van der Waals surface area contributed by atoms with Gasteiger partial charge in [0.1, 0.15) is 5.82 Å². The van der Waals surface area contributed by atoms with Crippen molar-refractivity contribution in [2.75, 3.05) is 5.32 Å². The average Bonchev–Trinajstić information content (AvgIpc) is 2.78. The van der Waals surface area contributed by atoms with Gasteiger partial charge in [-0.3, -0.25) is 0 Å². The second-order valence-electron chi connectivity index (χ2n) is 3.48. The van der Waals surface area contributed by atoms with Crippen LogP contribution in [-0.2, 0) is 6.54 Å². The molecule has 0 aliphatic carbocycles. The molecule has 2 rings (SSSR count). The maximum atomic E-state index is 13.3. The van der Waals surface area contributed by atoms with Gasteiger partial charge in [0.25, 0.3) is 0 Å². The van der Waals surface area contributed by atoms with Gasteiger partial charge in [-0.25, -0.2) is 9.18 Å². The second-order valence-corrected chi connectivity index (χ2v) is 4.26. The van der Waals surface area contributed by atoms with E-state index < -0.39 is 11.8 Å². The van der Waals surface area contributed by atoms with E-state index in [0.717, 1.165) is 5.56 Å². The summed E-state index contributed by atoms with van der Waals surface area (Å²) in [7, 11) is 0. The van der Waals surface area contributed by atoms with Crippen LogP contribution in [0.15, 0.2) is 35.0 Å². The van der Waals surface area contributed by atoms with E-state index in [1.165, 1.54) is 12.1 Å². The molecule has 0 amide bonds. The van der Waals surface area contributed by atoms with E-state index in [1.807, 2.05) is 16.8 Å². The van der Waals surface area contributed by atoms with Gasteiger partial charge in [0.15, 0.2) is 0 Å². The molecule has 0 spiro atoms. The van der Waals surface area contributed by atoms with E-state index in [1.54, 1.807) is 17.4 Å². The van der Waals surface area contributed by atoms with Crippen molar-refractivity contribution in [1.82, 2.24) is 0 Å². The molecule has 0 atom stereocenters. The Morgan fingerprint density at radius 1 is 1.41 bits per heavy atom. The van der Waals surface area contributed by atoms with Crippen LogP contribution in [0.4, 0.5) is 10.1 Å². The van der Waals surface area contributed by atoms with Gasteiger partial charge in [0, 0.05) is 12.2 Å². The highest BCUT2D eigenvalue weighted by Crippen LogP contribution is 2.16. The predicted octanol–water partition coefficient (Wildman–Crippen LogP) is 3.20. The Balaban J connectivity index is 2.07.